The van der Waals surface area contributed by atoms with Crippen molar-refractivity contribution in [2.75, 3.05) is 5.73 Å². The summed E-state index contributed by atoms with van der Waals surface area (Å²) in [6, 6.07) is -0.860. The van der Waals surface area contributed by atoms with Gasteiger partial charge in [0, 0.05) is 35.2 Å². The van der Waals surface area contributed by atoms with Crippen molar-refractivity contribution in [3.8, 4) is 0 Å². The second-order valence-corrected chi connectivity index (χ2v) is 4.19. The summed E-state index contributed by atoms with van der Waals surface area (Å²) in [5.74, 6) is -5.11. The van der Waals surface area contributed by atoms with E-state index in [-0.39, 0.29) is 4.90 Å². The molecule has 3 rings (SSSR count). The molecule has 2 aliphatic heterocycles. The van der Waals surface area contributed by atoms with Gasteiger partial charge in [-0.1, -0.05) is 0 Å². The van der Waals surface area contributed by atoms with Gasteiger partial charge >= 0.3 is 0 Å². The number of nitrogens with zero attached hydrogens (tertiary/aromatic N) is 1. The highest BCUT2D eigenvalue weighted by atomic mass is 19.1. The predicted octanol–water partition coefficient (Wildman–Crippen LogP) is 0.169. The molecule has 0 radical (unpaired) electrons. The number of piperidine rings is 1. The Kier molecular flexibility index (Phi) is 1.58. The van der Waals surface area contributed by atoms with Crippen LogP contribution in [0.3, 0.4) is 0 Å². The van der Waals surface area contributed by atoms with E-state index >= 15 is 0 Å². The number of carbonyl (C=O) groups excluding carboxylic acids is 3. The van der Waals surface area contributed by atoms with Gasteiger partial charge in [0.1, 0.15) is 11.9 Å². The minimum Gasteiger partial charge on any atom is -0.398 e. The van der Waals surface area contributed by atoms with E-state index in [4.69, 9.17) is 14.0 Å². The molecule has 0 saturated carbocycles. The molecule has 0 aromatic heterocycles. The summed E-state index contributed by atoms with van der Waals surface area (Å²) in [6.45, 7) is -2.84. The number of carbonyl (C=O) groups is 3. The van der Waals surface area contributed by atoms with Crippen molar-refractivity contribution in [2.24, 2.45) is 0 Å². The lowest BCUT2D eigenvalue weighted by Gasteiger charge is -2.29. The van der Waals surface area contributed by atoms with E-state index in [2.05, 4.69) is 0 Å². The van der Waals surface area contributed by atoms with Gasteiger partial charge in [0.05, 0.1) is 2.74 Å². The molecule has 0 aliphatic carbocycles. The molecule has 1 saturated heterocycles. The number of nitrogens with two attached hydrogens (primary N) is 1. The summed E-state index contributed by atoms with van der Waals surface area (Å²) in [4.78, 5) is 36.7. The van der Waals surface area contributed by atoms with E-state index < -0.39 is 65.6 Å². The molecule has 3 amide bonds. The lowest BCUT2D eigenvalue weighted by Crippen LogP contribution is -2.52. The summed E-state index contributed by atoms with van der Waals surface area (Å²) < 4.78 is 61.0. The predicted molar refractivity (Wildman–Crippen MR) is 66.9 cm³/mol. The van der Waals surface area contributed by atoms with Crippen LogP contribution in [0.4, 0.5) is 10.1 Å². The number of amides is 3. The number of nitrogen functional groups attached to an aromatic ring is 1. The van der Waals surface area contributed by atoms with E-state index in [1.54, 1.807) is 5.32 Å². The number of hydrogen-bond acceptors (Lipinski definition) is 4. The molecule has 6 nitrogen and oxygen atoms in total. The number of anilines is 1. The molecular formula is C13H12FN3O3. The van der Waals surface area contributed by atoms with Gasteiger partial charge in [0.25, 0.3) is 5.91 Å². The van der Waals surface area contributed by atoms with Crippen molar-refractivity contribution in [3.05, 3.63) is 29.1 Å². The molecule has 104 valence electrons. The summed E-state index contributed by atoms with van der Waals surface area (Å²) in [5.41, 5.74) is 4.22. The fourth-order valence-corrected chi connectivity index (χ4v) is 2.00. The topological polar surface area (TPSA) is 92.5 Å². The molecule has 1 aromatic rings. The van der Waals surface area contributed by atoms with Gasteiger partial charge in [-0.05, 0) is 18.5 Å². The van der Waals surface area contributed by atoms with Crippen molar-refractivity contribution in [2.45, 2.75) is 25.3 Å². The average Bonchev–Trinajstić information content (AvgIpc) is 2.66. The zero-order valence-corrected chi connectivity index (χ0v) is 9.86. The lowest BCUT2D eigenvalue weighted by molar-refractivity contribution is -0.136. The van der Waals surface area contributed by atoms with Crippen LogP contribution in [-0.4, -0.2) is 28.7 Å². The zero-order chi connectivity index (χ0) is 19.8. The van der Waals surface area contributed by atoms with Crippen LogP contribution in [0.2, 0.25) is 0 Å². The van der Waals surface area contributed by atoms with Crippen LogP contribution in [0.15, 0.2) is 12.1 Å². The lowest BCUT2D eigenvalue weighted by atomic mass is 10.0. The number of hydrogen-bond donors (Lipinski definition) is 2. The summed E-state index contributed by atoms with van der Waals surface area (Å²) in [6.07, 6.45) is -6.49. The molecule has 2 heterocycles. The maximum absolute atomic E-state index is 13.6. The maximum atomic E-state index is 13.6. The summed E-state index contributed by atoms with van der Waals surface area (Å²) in [7, 11) is 0. The smallest absolute Gasteiger partial charge is 0.255 e. The Labute approximate surface area is 122 Å². The number of imide groups is 1. The van der Waals surface area contributed by atoms with E-state index in [9.17, 15) is 18.8 Å². The highest BCUT2D eigenvalue weighted by Gasteiger charge is 2.39. The largest absolute Gasteiger partial charge is 0.398 e. The first-order valence-corrected chi connectivity index (χ1v) is 5.53. The maximum Gasteiger partial charge on any atom is 0.255 e. The van der Waals surface area contributed by atoms with Gasteiger partial charge in [-0.3, -0.25) is 19.7 Å². The second kappa shape index (κ2) is 4.29. The molecular weight excluding hydrogens is 265 g/mol. The van der Waals surface area contributed by atoms with Crippen LogP contribution >= 0.6 is 0 Å². The van der Waals surface area contributed by atoms with Gasteiger partial charge in [-0.2, -0.15) is 0 Å². The van der Waals surface area contributed by atoms with E-state index in [0.717, 1.165) is 6.07 Å². The van der Waals surface area contributed by atoms with Crippen LogP contribution < -0.4 is 11.1 Å². The molecule has 1 aromatic carbocycles. The average molecular weight is 283 g/mol. The molecule has 0 spiro atoms. The zero-order valence-electron chi connectivity index (χ0n) is 15.9. The van der Waals surface area contributed by atoms with Crippen LogP contribution in [0.1, 0.15) is 36.9 Å². The molecule has 3 N–H and O–H groups in total. The monoisotopic (exact) mass is 283 g/mol. The third-order valence-corrected chi connectivity index (χ3v) is 2.88. The van der Waals surface area contributed by atoms with E-state index in [0.29, 0.717) is 6.07 Å². The van der Waals surface area contributed by atoms with Crippen molar-refractivity contribution in [1.29, 1.82) is 0 Å². The molecule has 0 bridgehead atoms. The van der Waals surface area contributed by atoms with Gasteiger partial charge in [-0.25, -0.2) is 4.39 Å². The van der Waals surface area contributed by atoms with Crippen LogP contribution in [-0.2, 0) is 16.1 Å². The first kappa shape index (κ1) is 7.37. The van der Waals surface area contributed by atoms with Crippen molar-refractivity contribution >= 4 is 23.4 Å². The minimum absolute atomic E-state index is 0.160. The molecule has 2 aliphatic rings. The Bertz CT molecular complexity index is 875. The highest BCUT2D eigenvalue weighted by Crippen LogP contribution is 2.31. The molecule has 1 fully saturated rings. The van der Waals surface area contributed by atoms with Crippen LogP contribution in [0.25, 0.3) is 0 Å². The molecule has 20 heavy (non-hydrogen) atoms. The van der Waals surface area contributed by atoms with E-state index in [1.807, 2.05) is 0 Å². The number of benzene rings is 1. The van der Waals surface area contributed by atoms with Crippen LogP contribution in [0, 0.1) is 5.82 Å². The first-order chi connectivity index (χ1) is 11.7. The Balaban J connectivity index is 2.21. The summed E-state index contributed by atoms with van der Waals surface area (Å²) in [5, 5.41) is 1.60. The third kappa shape index (κ3) is 1.82. The van der Waals surface area contributed by atoms with Crippen LogP contribution in [0.5, 0.6) is 0 Å². The van der Waals surface area contributed by atoms with Crippen molar-refractivity contribution < 1.29 is 27.0 Å². The number of fused-ring (bicyclic) bond motifs is 1. The van der Waals surface area contributed by atoms with E-state index in [1.165, 1.54) is 0 Å². The molecule has 1 unspecified atom stereocenters. The highest BCUT2D eigenvalue weighted by molar-refractivity contribution is 6.06. The first-order valence-electron chi connectivity index (χ1n) is 8.53. The normalized spacial score (nSPS) is 34.0. The van der Waals surface area contributed by atoms with Crippen molar-refractivity contribution in [1.82, 2.24) is 10.2 Å². The van der Waals surface area contributed by atoms with Gasteiger partial charge in [0.15, 0.2) is 0 Å². The third-order valence-electron chi connectivity index (χ3n) is 2.88. The Morgan fingerprint density at radius 2 is 2.15 bits per heavy atom. The Hall–Kier alpha value is -2.44. The summed E-state index contributed by atoms with van der Waals surface area (Å²) >= 11 is 0. The van der Waals surface area contributed by atoms with Crippen molar-refractivity contribution in [3.63, 3.8) is 0 Å². The fourth-order valence-electron chi connectivity index (χ4n) is 2.00. The number of nitrogens with one attached hydrogen (secondary N) is 1. The minimum atomic E-state index is -3.26. The Morgan fingerprint density at radius 1 is 1.40 bits per heavy atom. The quantitative estimate of drug-likeness (QED) is 0.567. The fraction of sp³-hybridized carbons (Fsp3) is 0.308. The van der Waals surface area contributed by atoms with Gasteiger partial charge in [0.2, 0.25) is 11.8 Å². The SMILES string of the molecule is [2H]C1([2H])c2c(N)cc(F)cc2C(=O)N1C1C(=O)NC(=O)C([2H])([2H])C1([2H])[2H]. The second-order valence-electron chi connectivity index (χ2n) is 4.19. The standard InChI is InChI=1S/C13H12FN3O3/c14-6-3-7-8(9(15)4-6)5-17(13(7)20)10-1-2-11(18)16-12(10)19/h3-4,10H,1-2,5,15H2,(H,16,18,19)/i1D2,2D2,5D2. The van der Waals surface area contributed by atoms with Gasteiger partial charge in [-0.15, -0.1) is 0 Å². The molecule has 1 atom stereocenters. The number of rotatable bonds is 1. The Morgan fingerprint density at radius 3 is 2.90 bits per heavy atom. The number of halogens is 1. The molecule has 7 heteroatoms. The van der Waals surface area contributed by atoms with Gasteiger partial charge < -0.3 is 10.6 Å².